The Kier molecular flexibility index (Phi) is 5.40. The Labute approximate surface area is 155 Å². The fourth-order valence-electron chi connectivity index (χ4n) is 4.47. The quantitative estimate of drug-likeness (QED) is 0.834. The van der Waals surface area contributed by atoms with Crippen LogP contribution in [0.3, 0.4) is 0 Å². The van der Waals surface area contributed by atoms with E-state index in [1.54, 1.807) is 18.6 Å². The molecule has 138 valence electrons. The minimum Gasteiger partial charge on any atom is -0.472 e. The molecule has 1 aromatic heterocycles. The lowest BCUT2D eigenvalue weighted by Crippen LogP contribution is -2.49. The van der Waals surface area contributed by atoms with E-state index >= 15 is 0 Å². The molecular formula is C22H28N2O2. The standard InChI is InChI=1S/C22H28N2O2/c25-22(21-10-15-26-17-21)24-13-11-23(12-14-24)16-18-6-8-20(9-7-18)19-4-2-1-3-5-19/h1-5,10,15,17-18,20H,6-9,11-14,16H2. The molecule has 0 atom stereocenters. The smallest absolute Gasteiger partial charge is 0.257 e. The van der Waals surface area contributed by atoms with Crippen LogP contribution in [-0.2, 0) is 0 Å². The van der Waals surface area contributed by atoms with Gasteiger partial charge < -0.3 is 9.32 Å². The Morgan fingerprint density at radius 1 is 0.962 bits per heavy atom. The lowest BCUT2D eigenvalue weighted by molar-refractivity contribution is 0.0603. The van der Waals surface area contributed by atoms with Crippen molar-refractivity contribution in [3.05, 3.63) is 60.1 Å². The minimum absolute atomic E-state index is 0.0989. The number of nitrogens with zero attached hydrogens (tertiary/aromatic N) is 2. The number of carbonyl (C=O) groups is 1. The van der Waals surface area contributed by atoms with E-state index in [9.17, 15) is 4.79 Å². The monoisotopic (exact) mass is 352 g/mol. The third kappa shape index (κ3) is 4.01. The molecule has 2 fully saturated rings. The highest BCUT2D eigenvalue weighted by Crippen LogP contribution is 2.36. The first-order valence-electron chi connectivity index (χ1n) is 9.88. The summed E-state index contributed by atoms with van der Waals surface area (Å²) in [6, 6.07) is 12.7. The Morgan fingerprint density at radius 2 is 1.69 bits per heavy atom. The molecule has 4 heteroatoms. The molecule has 0 radical (unpaired) electrons. The lowest BCUT2D eigenvalue weighted by Gasteiger charge is -2.38. The molecule has 2 aliphatic rings. The van der Waals surface area contributed by atoms with E-state index in [0.717, 1.165) is 38.0 Å². The topological polar surface area (TPSA) is 36.7 Å². The van der Waals surface area contributed by atoms with Crippen LogP contribution in [0.1, 0.15) is 47.5 Å². The normalized spacial score (nSPS) is 24.5. The molecule has 2 heterocycles. The van der Waals surface area contributed by atoms with E-state index in [2.05, 4.69) is 35.2 Å². The predicted octanol–water partition coefficient (Wildman–Crippen LogP) is 4.01. The number of hydrogen-bond donors (Lipinski definition) is 0. The molecule has 4 nitrogen and oxygen atoms in total. The Hall–Kier alpha value is -2.07. The van der Waals surface area contributed by atoms with Gasteiger partial charge in [0.05, 0.1) is 11.8 Å². The summed E-state index contributed by atoms with van der Waals surface area (Å²) in [5.74, 6) is 1.66. The zero-order valence-electron chi connectivity index (χ0n) is 15.3. The van der Waals surface area contributed by atoms with Crippen molar-refractivity contribution in [1.29, 1.82) is 0 Å². The summed E-state index contributed by atoms with van der Waals surface area (Å²) in [5, 5.41) is 0. The van der Waals surface area contributed by atoms with Crippen LogP contribution in [0.25, 0.3) is 0 Å². The zero-order valence-corrected chi connectivity index (χ0v) is 15.3. The molecule has 4 rings (SSSR count). The van der Waals surface area contributed by atoms with Crippen molar-refractivity contribution in [3.63, 3.8) is 0 Å². The molecule has 0 N–H and O–H groups in total. The largest absolute Gasteiger partial charge is 0.472 e. The maximum Gasteiger partial charge on any atom is 0.257 e. The molecule has 1 aliphatic heterocycles. The highest BCUT2D eigenvalue weighted by molar-refractivity contribution is 5.93. The molecule has 26 heavy (non-hydrogen) atoms. The second-order valence-electron chi connectivity index (χ2n) is 7.73. The van der Waals surface area contributed by atoms with Gasteiger partial charge in [-0.25, -0.2) is 0 Å². The number of amides is 1. The maximum atomic E-state index is 12.4. The molecule has 0 bridgehead atoms. The van der Waals surface area contributed by atoms with Crippen LogP contribution in [-0.4, -0.2) is 48.4 Å². The van der Waals surface area contributed by atoms with Gasteiger partial charge in [-0.15, -0.1) is 0 Å². The number of furan rings is 1. The molecule has 1 amide bonds. The highest BCUT2D eigenvalue weighted by Gasteiger charge is 2.27. The molecule has 0 unspecified atom stereocenters. The van der Waals surface area contributed by atoms with E-state index < -0.39 is 0 Å². The predicted molar refractivity (Wildman–Crippen MR) is 102 cm³/mol. The Balaban J connectivity index is 1.21. The molecule has 2 aromatic rings. The van der Waals surface area contributed by atoms with Crippen molar-refractivity contribution in [2.45, 2.75) is 31.6 Å². The number of piperazine rings is 1. The molecular weight excluding hydrogens is 324 g/mol. The summed E-state index contributed by atoms with van der Waals surface area (Å²) in [5.41, 5.74) is 2.18. The van der Waals surface area contributed by atoms with E-state index in [4.69, 9.17) is 4.42 Å². The van der Waals surface area contributed by atoms with Crippen LogP contribution in [0.15, 0.2) is 53.3 Å². The van der Waals surface area contributed by atoms with Crippen LogP contribution >= 0.6 is 0 Å². The van der Waals surface area contributed by atoms with E-state index in [1.807, 2.05) is 4.90 Å². The minimum atomic E-state index is 0.0989. The third-order valence-electron chi connectivity index (χ3n) is 6.06. The second-order valence-corrected chi connectivity index (χ2v) is 7.73. The average Bonchev–Trinajstić information content (AvgIpc) is 3.24. The van der Waals surface area contributed by atoms with E-state index in [1.165, 1.54) is 37.8 Å². The van der Waals surface area contributed by atoms with Crippen molar-refractivity contribution >= 4 is 5.91 Å². The van der Waals surface area contributed by atoms with E-state index in [0.29, 0.717) is 5.56 Å². The summed E-state index contributed by atoms with van der Waals surface area (Å²) in [6.45, 7) is 4.81. The van der Waals surface area contributed by atoms with Crippen LogP contribution in [0.4, 0.5) is 0 Å². The van der Waals surface area contributed by atoms with Crippen molar-refractivity contribution in [2.75, 3.05) is 32.7 Å². The summed E-state index contributed by atoms with van der Waals surface area (Å²) < 4.78 is 5.03. The summed E-state index contributed by atoms with van der Waals surface area (Å²) >= 11 is 0. The van der Waals surface area contributed by atoms with Gasteiger partial charge in [0.25, 0.3) is 5.91 Å². The van der Waals surface area contributed by atoms with Gasteiger partial charge in [-0.1, -0.05) is 30.3 Å². The first-order valence-corrected chi connectivity index (χ1v) is 9.88. The molecule has 1 saturated carbocycles. The number of rotatable bonds is 4. The number of benzene rings is 1. The summed E-state index contributed by atoms with van der Waals surface area (Å²) in [7, 11) is 0. The summed E-state index contributed by atoms with van der Waals surface area (Å²) in [6.07, 6.45) is 8.39. The first kappa shape index (κ1) is 17.3. The van der Waals surface area contributed by atoms with Crippen LogP contribution in [0.5, 0.6) is 0 Å². The fourth-order valence-corrected chi connectivity index (χ4v) is 4.47. The third-order valence-corrected chi connectivity index (χ3v) is 6.06. The Bertz CT molecular complexity index is 682. The lowest BCUT2D eigenvalue weighted by atomic mass is 9.78. The van der Waals surface area contributed by atoms with Crippen molar-refractivity contribution in [2.24, 2.45) is 5.92 Å². The van der Waals surface area contributed by atoms with Crippen molar-refractivity contribution in [1.82, 2.24) is 9.80 Å². The van der Waals surface area contributed by atoms with Gasteiger partial charge in [0.1, 0.15) is 6.26 Å². The zero-order chi connectivity index (χ0) is 17.8. The molecule has 0 spiro atoms. The van der Waals surface area contributed by atoms with Crippen LogP contribution in [0, 0.1) is 5.92 Å². The van der Waals surface area contributed by atoms with Gasteiger partial charge in [-0.2, -0.15) is 0 Å². The van der Waals surface area contributed by atoms with Gasteiger partial charge in [0, 0.05) is 32.7 Å². The van der Waals surface area contributed by atoms with Crippen LogP contribution in [0.2, 0.25) is 0 Å². The van der Waals surface area contributed by atoms with Gasteiger partial charge in [-0.3, -0.25) is 9.69 Å². The van der Waals surface area contributed by atoms with Crippen molar-refractivity contribution < 1.29 is 9.21 Å². The molecule has 1 aromatic carbocycles. The number of carbonyl (C=O) groups excluding carboxylic acids is 1. The second kappa shape index (κ2) is 8.09. The maximum absolute atomic E-state index is 12.4. The van der Waals surface area contributed by atoms with E-state index in [-0.39, 0.29) is 5.91 Å². The summed E-state index contributed by atoms with van der Waals surface area (Å²) in [4.78, 5) is 16.9. The van der Waals surface area contributed by atoms with Gasteiger partial charge in [0.15, 0.2) is 0 Å². The van der Waals surface area contributed by atoms with Crippen molar-refractivity contribution in [3.8, 4) is 0 Å². The molecule has 1 aliphatic carbocycles. The SMILES string of the molecule is O=C(c1ccoc1)N1CCN(CC2CCC(c3ccccc3)CC2)CC1. The van der Waals surface area contributed by atoms with Crippen LogP contribution < -0.4 is 0 Å². The van der Waals surface area contributed by atoms with Gasteiger partial charge in [-0.05, 0) is 49.1 Å². The average molecular weight is 352 g/mol. The highest BCUT2D eigenvalue weighted by atomic mass is 16.3. The first-order chi connectivity index (χ1) is 12.8. The number of hydrogen-bond acceptors (Lipinski definition) is 3. The fraction of sp³-hybridized carbons (Fsp3) is 0.500. The molecule has 1 saturated heterocycles. The Morgan fingerprint density at radius 3 is 2.35 bits per heavy atom. The van der Waals surface area contributed by atoms with Gasteiger partial charge in [0.2, 0.25) is 0 Å². The van der Waals surface area contributed by atoms with Gasteiger partial charge >= 0.3 is 0 Å².